The Morgan fingerprint density at radius 3 is 2.37 bits per heavy atom. The van der Waals surface area contributed by atoms with Crippen molar-refractivity contribution in [2.75, 3.05) is 17.7 Å². The van der Waals surface area contributed by atoms with E-state index in [1.54, 1.807) is 42.5 Å². The van der Waals surface area contributed by atoms with Crippen molar-refractivity contribution >= 4 is 23.3 Å². The van der Waals surface area contributed by atoms with Crippen LogP contribution < -0.4 is 15.4 Å². The van der Waals surface area contributed by atoms with E-state index < -0.39 is 0 Å². The Kier molecular flexibility index (Phi) is 6.15. The molecule has 0 aliphatic heterocycles. The minimum Gasteiger partial charge on any atom is -0.495 e. The Labute approximate surface area is 174 Å². The van der Waals surface area contributed by atoms with Gasteiger partial charge in [-0.2, -0.15) is 0 Å². The molecule has 0 atom stereocenters. The highest BCUT2D eigenvalue weighted by Crippen LogP contribution is 2.24. The van der Waals surface area contributed by atoms with Gasteiger partial charge in [-0.05, 0) is 29.8 Å². The van der Waals surface area contributed by atoms with E-state index in [4.69, 9.17) is 9.26 Å². The number of amides is 2. The van der Waals surface area contributed by atoms with E-state index in [2.05, 4.69) is 20.8 Å². The lowest BCUT2D eigenvalue weighted by molar-refractivity contribution is -0.115. The van der Waals surface area contributed by atoms with Crippen molar-refractivity contribution in [3.8, 4) is 5.75 Å². The van der Waals surface area contributed by atoms with Gasteiger partial charge in [0, 0.05) is 17.2 Å². The Balaban J connectivity index is 1.55. The summed E-state index contributed by atoms with van der Waals surface area (Å²) >= 11 is 0. The van der Waals surface area contributed by atoms with Crippen LogP contribution in [0, 0.1) is 0 Å². The zero-order chi connectivity index (χ0) is 21.7. The lowest BCUT2D eigenvalue weighted by Gasteiger charge is -2.12. The fourth-order valence-electron chi connectivity index (χ4n) is 2.60. The average Bonchev–Trinajstić information content (AvgIpc) is 3.18. The molecule has 0 saturated carbocycles. The molecule has 156 valence electrons. The van der Waals surface area contributed by atoms with Crippen LogP contribution in [0.3, 0.4) is 0 Å². The van der Waals surface area contributed by atoms with Crippen LogP contribution in [-0.4, -0.2) is 29.1 Å². The molecule has 0 aliphatic carbocycles. The summed E-state index contributed by atoms with van der Waals surface area (Å²) in [5, 5.41) is 9.38. The number of nitrogens with one attached hydrogen (secondary N) is 2. The molecule has 0 aliphatic rings. The molecule has 0 fully saturated rings. The molecule has 3 aromatic rings. The molecule has 1 aromatic carbocycles. The number of carbonyl (C=O) groups excluding carboxylic acids is 2. The molecule has 2 heterocycles. The van der Waals surface area contributed by atoms with E-state index in [9.17, 15) is 9.59 Å². The molecule has 0 radical (unpaired) electrons. The predicted octanol–water partition coefficient (Wildman–Crippen LogP) is 3.81. The van der Waals surface area contributed by atoms with Crippen LogP contribution in [0.15, 0.2) is 53.2 Å². The second-order valence-electron chi connectivity index (χ2n) is 7.79. The molecule has 0 unspecified atom stereocenters. The number of hydrogen-bond acceptors (Lipinski definition) is 6. The lowest BCUT2D eigenvalue weighted by atomic mass is 9.93. The molecule has 2 amide bonds. The number of nitrogens with zero attached hydrogens (tertiary/aromatic N) is 2. The van der Waals surface area contributed by atoms with E-state index in [0.717, 1.165) is 5.56 Å². The number of benzene rings is 1. The van der Waals surface area contributed by atoms with Crippen molar-refractivity contribution in [1.29, 1.82) is 0 Å². The van der Waals surface area contributed by atoms with Gasteiger partial charge in [-0.15, -0.1) is 0 Å². The monoisotopic (exact) mass is 408 g/mol. The number of rotatable bonds is 6. The van der Waals surface area contributed by atoms with Gasteiger partial charge in [0.05, 0.1) is 19.7 Å². The van der Waals surface area contributed by atoms with Crippen molar-refractivity contribution in [3.63, 3.8) is 0 Å². The molecule has 8 nitrogen and oxygen atoms in total. The van der Waals surface area contributed by atoms with Gasteiger partial charge in [0.2, 0.25) is 5.91 Å². The maximum absolute atomic E-state index is 12.3. The molecule has 0 saturated heterocycles. The summed E-state index contributed by atoms with van der Waals surface area (Å²) in [5.74, 6) is 1.13. The van der Waals surface area contributed by atoms with Gasteiger partial charge in [-0.3, -0.25) is 9.59 Å². The van der Waals surface area contributed by atoms with Crippen LogP contribution in [-0.2, 0) is 16.6 Å². The van der Waals surface area contributed by atoms with E-state index >= 15 is 0 Å². The van der Waals surface area contributed by atoms with E-state index in [1.807, 2.05) is 20.8 Å². The van der Waals surface area contributed by atoms with Crippen LogP contribution >= 0.6 is 0 Å². The standard InChI is InChI=1S/C22H24N4O4/c1-22(2,3)18-12-19(26-30-18)25-20(27)11-14-5-7-15(8-6-14)24-21(28)17-10-9-16(29-4)13-23-17/h5-10,12-13H,11H2,1-4H3,(H,24,28)(H,25,26,27). The first-order chi connectivity index (χ1) is 14.2. The van der Waals surface area contributed by atoms with E-state index in [0.29, 0.717) is 23.0 Å². The van der Waals surface area contributed by atoms with Gasteiger partial charge in [0.1, 0.15) is 17.2 Å². The summed E-state index contributed by atoms with van der Waals surface area (Å²) in [6.45, 7) is 6.01. The van der Waals surface area contributed by atoms with E-state index in [1.165, 1.54) is 13.3 Å². The number of methoxy groups -OCH3 is 1. The van der Waals surface area contributed by atoms with Gasteiger partial charge in [-0.1, -0.05) is 38.1 Å². The molecular formula is C22H24N4O4. The number of pyridine rings is 1. The van der Waals surface area contributed by atoms with Gasteiger partial charge >= 0.3 is 0 Å². The molecule has 30 heavy (non-hydrogen) atoms. The number of carbonyl (C=O) groups is 2. The van der Waals surface area contributed by atoms with Gasteiger partial charge in [0.25, 0.3) is 5.91 Å². The third-order valence-corrected chi connectivity index (χ3v) is 4.30. The average molecular weight is 408 g/mol. The number of ether oxygens (including phenoxy) is 1. The Morgan fingerprint density at radius 1 is 1.07 bits per heavy atom. The van der Waals surface area contributed by atoms with E-state index in [-0.39, 0.29) is 29.3 Å². The molecule has 2 N–H and O–H groups in total. The summed E-state index contributed by atoms with van der Waals surface area (Å²) in [4.78, 5) is 28.6. The Hall–Kier alpha value is -3.68. The van der Waals surface area contributed by atoms with Crippen molar-refractivity contribution in [1.82, 2.24) is 10.1 Å². The molecular weight excluding hydrogens is 384 g/mol. The Morgan fingerprint density at radius 2 is 1.80 bits per heavy atom. The predicted molar refractivity (Wildman–Crippen MR) is 113 cm³/mol. The summed E-state index contributed by atoms with van der Waals surface area (Å²) in [6, 6.07) is 12.0. The minimum atomic E-state index is -0.330. The zero-order valence-electron chi connectivity index (χ0n) is 17.4. The first-order valence-electron chi connectivity index (χ1n) is 9.42. The normalized spacial score (nSPS) is 11.1. The van der Waals surface area contributed by atoms with Gasteiger partial charge in [-0.25, -0.2) is 4.98 Å². The topological polar surface area (TPSA) is 106 Å². The van der Waals surface area contributed by atoms with Crippen molar-refractivity contribution in [3.05, 3.63) is 65.7 Å². The third kappa shape index (κ3) is 5.44. The van der Waals surface area contributed by atoms with Crippen LogP contribution in [0.1, 0.15) is 42.6 Å². The quantitative estimate of drug-likeness (QED) is 0.642. The fourth-order valence-corrected chi connectivity index (χ4v) is 2.60. The molecule has 0 bridgehead atoms. The zero-order valence-corrected chi connectivity index (χ0v) is 17.4. The minimum absolute atomic E-state index is 0.173. The summed E-state index contributed by atoms with van der Waals surface area (Å²) in [7, 11) is 1.54. The highest BCUT2D eigenvalue weighted by molar-refractivity contribution is 6.02. The molecule has 2 aromatic heterocycles. The highest BCUT2D eigenvalue weighted by atomic mass is 16.5. The highest BCUT2D eigenvalue weighted by Gasteiger charge is 2.20. The fraction of sp³-hybridized carbons (Fsp3) is 0.273. The second-order valence-corrected chi connectivity index (χ2v) is 7.79. The number of aromatic nitrogens is 2. The Bertz CT molecular complexity index is 1020. The first kappa shape index (κ1) is 21.0. The van der Waals surface area contributed by atoms with Gasteiger partial charge in [0.15, 0.2) is 5.82 Å². The van der Waals surface area contributed by atoms with Crippen LogP contribution in [0.4, 0.5) is 11.5 Å². The summed E-state index contributed by atoms with van der Waals surface area (Å²) < 4.78 is 10.3. The van der Waals surface area contributed by atoms with Crippen LogP contribution in [0.2, 0.25) is 0 Å². The lowest BCUT2D eigenvalue weighted by Crippen LogP contribution is -2.15. The SMILES string of the molecule is COc1ccc(C(=O)Nc2ccc(CC(=O)Nc3cc(C(C)(C)C)on3)cc2)nc1. The third-order valence-electron chi connectivity index (χ3n) is 4.30. The number of hydrogen-bond donors (Lipinski definition) is 2. The van der Waals surface area contributed by atoms with Gasteiger partial charge < -0.3 is 19.9 Å². The van der Waals surface area contributed by atoms with Crippen molar-refractivity contribution in [2.45, 2.75) is 32.6 Å². The molecule has 8 heteroatoms. The van der Waals surface area contributed by atoms with Crippen LogP contribution in [0.25, 0.3) is 0 Å². The molecule has 0 spiro atoms. The van der Waals surface area contributed by atoms with Crippen LogP contribution in [0.5, 0.6) is 5.75 Å². The first-order valence-corrected chi connectivity index (χ1v) is 9.42. The summed E-state index contributed by atoms with van der Waals surface area (Å²) in [6.07, 6.45) is 1.65. The largest absolute Gasteiger partial charge is 0.495 e. The smallest absolute Gasteiger partial charge is 0.274 e. The maximum Gasteiger partial charge on any atom is 0.274 e. The molecule has 3 rings (SSSR count). The maximum atomic E-state index is 12.3. The van der Waals surface area contributed by atoms with Crippen molar-refractivity contribution < 1.29 is 18.8 Å². The summed E-state index contributed by atoms with van der Waals surface area (Å²) in [5.41, 5.74) is 1.50. The number of anilines is 2. The second kappa shape index (κ2) is 8.77. The van der Waals surface area contributed by atoms with Crippen molar-refractivity contribution in [2.24, 2.45) is 0 Å².